The van der Waals surface area contributed by atoms with Gasteiger partial charge in [0, 0.05) is 4.88 Å². The number of carbonyl (C=O) groups is 1. The molecule has 1 aliphatic rings. The van der Waals surface area contributed by atoms with Crippen LogP contribution in [0.1, 0.15) is 10.4 Å². The lowest BCUT2D eigenvalue weighted by Crippen LogP contribution is -2.15. The Morgan fingerprint density at radius 3 is 2.70 bits per heavy atom. The quantitative estimate of drug-likeness (QED) is 0.882. The maximum atomic E-state index is 11.5. The molecule has 1 aromatic carbocycles. The standard InChI is InChI=1S/C15H12O4S/c16-15(17)12(9-11-2-1-7-20-11)10-3-4-13-14(8-10)19-6-5-18-13/h1-4,7-9H,5-6H2,(H,16,17)/b12-9-. The Morgan fingerprint density at radius 1 is 1.20 bits per heavy atom. The lowest BCUT2D eigenvalue weighted by atomic mass is 10.0. The Bertz CT molecular complexity index is 659. The summed E-state index contributed by atoms with van der Waals surface area (Å²) in [4.78, 5) is 12.4. The third-order valence-electron chi connectivity index (χ3n) is 2.91. The summed E-state index contributed by atoms with van der Waals surface area (Å²) < 4.78 is 10.9. The number of carboxylic acid groups (broad SMARTS) is 1. The predicted octanol–water partition coefficient (Wildman–Crippen LogP) is 3.14. The van der Waals surface area contributed by atoms with Gasteiger partial charge in [-0.05, 0) is 35.2 Å². The Labute approximate surface area is 119 Å². The second-order valence-electron chi connectivity index (χ2n) is 4.24. The van der Waals surface area contributed by atoms with Crippen LogP contribution in [-0.2, 0) is 4.79 Å². The largest absolute Gasteiger partial charge is 0.486 e. The number of rotatable bonds is 3. The summed E-state index contributed by atoms with van der Waals surface area (Å²) in [5.74, 6) is 0.281. The van der Waals surface area contributed by atoms with Crippen molar-refractivity contribution in [2.45, 2.75) is 0 Å². The highest BCUT2D eigenvalue weighted by atomic mass is 32.1. The fourth-order valence-corrected chi connectivity index (χ4v) is 2.65. The van der Waals surface area contributed by atoms with Gasteiger partial charge in [0.15, 0.2) is 11.5 Å². The molecule has 0 aliphatic carbocycles. The third kappa shape index (κ3) is 2.53. The molecule has 0 spiro atoms. The van der Waals surface area contributed by atoms with E-state index in [-0.39, 0.29) is 5.57 Å². The van der Waals surface area contributed by atoms with Crippen LogP contribution in [0.3, 0.4) is 0 Å². The maximum absolute atomic E-state index is 11.5. The van der Waals surface area contributed by atoms with Gasteiger partial charge in [-0.1, -0.05) is 12.1 Å². The second-order valence-corrected chi connectivity index (χ2v) is 5.22. The molecule has 3 rings (SSSR count). The van der Waals surface area contributed by atoms with Crippen molar-refractivity contribution in [2.75, 3.05) is 13.2 Å². The van der Waals surface area contributed by atoms with Crippen LogP contribution in [0.15, 0.2) is 35.7 Å². The smallest absolute Gasteiger partial charge is 0.336 e. The van der Waals surface area contributed by atoms with E-state index < -0.39 is 5.97 Å². The molecule has 0 atom stereocenters. The molecule has 0 saturated heterocycles. The van der Waals surface area contributed by atoms with Crippen molar-refractivity contribution >= 4 is 29.0 Å². The molecular weight excluding hydrogens is 276 g/mol. The Balaban J connectivity index is 2.02. The third-order valence-corrected chi connectivity index (χ3v) is 3.73. The molecule has 0 saturated carbocycles. The molecule has 0 amide bonds. The van der Waals surface area contributed by atoms with Crippen molar-refractivity contribution in [1.82, 2.24) is 0 Å². The van der Waals surface area contributed by atoms with Crippen molar-refractivity contribution in [2.24, 2.45) is 0 Å². The Hall–Kier alpha value is -2.27. The van der Waals surface area contributed by atoms with Crippen LogP contribution in [0.25, 0.3) is 11.6 Å². The molecule has 0 bridgehead atoms. The highest BCUT2D eigenvalue weighted by molar-refractivity contribution is 7.10. The molecule has 4 nitrogen and oxygen atoms in total. The van der Waals surface area contributed by atoms with E-state index in [2.05, 4.69) is 0 Å². The summed E-state index contributed by atoms with van der Waals surface area (Å²) >= 11 is 1.50. The average Bonchev–Trinajstić information content (AvgIpc) is 2.97. The topological polar surface area (TPSA) is 55.8 Å². The van der Waals surface area contributed by atoms with Gasteiger partial charge in [0.05, 0.1) is 5.57 Å². The van der Waals surface area contributed by atoms with Crippen LogP contribution in [-0.4, -0.2) is 24.3 Å². The van der Waals surface area contributed by atoms with Crippen LogP contribution < -0.4 is 9.47 Å². The molecule has 20 heavy (non-hydrogen) atoms. The Kier molecular flexibility index (Phi) is 3.43. The molecule has 5 heteroatoms. The minimum absolute atomic E-state index is 0.240. The second kappa shape index (κ2) is 5.38. The minimum Gasteiger partial charge on any atom is -0.486 e. The van der Waals surface area contributed by atoms with Gasteiger partial charge in [0.25, 0.3) is 0 Å². The van der Waals surface area contributed by atoms with Gasteiger partial charge in [-0.3, -0.25) is 0 Å². The molecule has 1 aliphatic heterocycles. The monoisotopic (exact) mass is 288 g/mol. The van der Waals surface area contributed by atoms with Crippen LogP contribution in [0.5, 0.6) is 11.5 Å². The first-order chi connectivity index (χ1) is 9.74. The number of benzene rings is 1. The molecule has 102 valence electrons. The first-order valence-electron chi connectivity index (χ1n) is 6.12. The number of fused-ring (bicyclic) bond motifs is 1. The fourth-order valence-electron chi connectivity index (χ4n) is 2.00. The van der Waals surface area contributed by atoms with E-state index in [1.165, 1.54) is 11.3 Å². The van der Waals surface area contributed by atoms with Crippen molar-refractivity contribution in [1.29, 1.82) is 0 Å². The number of aliphatic carboxylic acids is 1. The molecule has 2 aromatic rings. The molecular formula is C15H12O4S. The summed E-state index contributed by atoms with van der Waals surface area (Å²) in [6.45, 7) is 0.997. The summed E-state index contributed by atoms with van der Waals surface area (Å²) in [7, 11) is 0. The van der Waals surface area contributed by atoms with Gasteiger partial charge in [-0.2, -0.15) is 0 Å². The van der Waals surface area contributed by atoms with Gasteiger partial charge in [0.2, 0.25) is 0 Å². The summed E-state index contributed by atoms with van der Waals surface area (Å²) in [5, 5.41) is 11.3. The van der Waals surface area contributed by atoms with E-state index in [1.54, 1.807) is 24.3 Å². The van der Waals surface area contributed by atoms with Crippen LogP contribution in [0.4, 0.5) is 0 Å². The zero-order chi connectivity index (χ0) is 13.9. The summed E-state index contributed by atoms with van der Waals surface area (Å²) in [5.41, 5.74) is 0.847. The van der Waals surface area contributed by atoms with Gasteiger partial charge >= 0.3 is 5.97 Å². The highest BCUT2D eigenvalue weighted by Crippen LogP contribution is 2.33. The first kappa shape index (κ1) is 12.7. The molecule has 0 radical (unpaired) electrons. The summed E-state index contributed by atoms with van der Waals surface area (Å²) in [6.07, 6.45) is 1.67. The average molecular weight is 288 g/mol. The highest BCUT2D eigenvalue weighted by Gasteiger charge is 2.16. The van der Waals surface area contributed by atoms with Crippen LogP contribution in [0, 0.1) is 0 Å². The van der Waals surface area contributed by atoms with E-state index >= 15 is 0 Å². The van der Waals surface area contributed by atoms with E-state index in [9.17, 15) is 9.90 Å². The number of carboxylic acids is 1. The minimum atomic E-state index is -0.963. The number of thiophene rings is 1. The number of hydrogen-bond donors (Lipinski definition) is 1. The fraction of sp³-hybridized carbons (Fsp3) is 0.133. The number of hydrogen-bond acceptors (Lipinski definition) is 4. The summed E-state index contributed by atoms with van der Waals surface area (Å²) in [6, 6.07) is 8.96. The van der Waals surface area contributed by atoms with Gasteiger partial charge < -0.3 is 14.6 Å². The Morgan fingerprint density at radius 2 is 2.00 bits per heavy atom. The molecule has 2 heterocycles. The van der Waals surface area contributed by atoms with Gasteiger partial charge in [-0.25, -0.2) is 4.79 Å². The van der Waals surface area contributed by atoms with Gasteiger partial charge in [0.1, 0.15) is 13.2 Å². The van der Waals surface area contributed by atoms with Gasteiger partial charge in [-0.15, -0.1) is 11.3 Å². The van der Waals surface area contributed by atoms with E-state index in [0.717, 1.165) is 4.88 Å². The van der Waals surface area contributed by atoms with E-state index in [4.69, 9.17) is 9.47 Å². The maximum Gasteiger partial charge on any atom is 0.336 e. The molecule has 0 fully saturated rings. The van der Waals surface area contributed by atoms with Crippen molar-refractivity contribution < 1.29 is 19.4 Å². The lowest BCUT2D eigenvalue weighted by Gasteiger charge is -2.19. The predicted molar refractivity (Wildman–Crippen MR) is 77.3 cm³/mol. The molecule has 1 N–H and O–H groups in total. The zero-order valence-corrected chi connectivity index (χ0v) is 11.4. The first-order valence-corrected chi connectivity index (χ1v) is 7.00. The zero-order valence-electron chi connectivity index (χ0n) is 10.5. The molecule has 0 unspecified atom stereocenters. The van der Waals surface area contributed by atoms with E-state index in [1.807, 2.05) is 17.5 Å². The van der Waals surface area contributed by atoms with Crippen LogP contribution in [0.2, 0.25) is 0 Å². The van der Waals surface area contributed by atoms with Crippen molar-refractivity contribution in [3.8, 4) is 11.5 Å². The van der Waals surface area contributed by atoms with Crippen LogP contribution >= 0.6 is 11.3 Å². The van der Waals surface area contributed by atoms with Crippen molar-refractivity contribution in [3.05, 3.63) is 46.2 Å². The molecule has 1 aromatic heterocycles. The van der Waals surface area contributed by atoms with E-state index in [0.29, 0.717) is 30.3 Å². The lowest BCUT2D eigenvalue weighted by molar-refractivity contribution is -0.130. The normalized spacial score (nSPS) is 14.1. The SMILES string of the molecule is O=C(O)/C(=C\c1cccs1)c1ccc2c(c1)OCCO2. The van der Waals surface area contributed by atoms with Crippen molar-refractivity contribution in [3.63, 3.8) is 0 Å². The number of ether oxygens (including phenoxy) is 2.